The van der Waals surface area contributed by atoms with Crippen molar-refractivity contribution in [2.75, 3.05) is 11.9 Å². The summed E-state index contributed by atoms with van der Waals surface area (Å²) < 4.78 is 0. The molecule has 110 valence electrons. The van der Waals surface area contributed by atoms with Crippen LogP contribution in [0.4, 0.5) is 5.69 Å². The van der Waals surface area contributed by atoms with Crippen LogP contribution in [0.25, 0.3) is 0 Å². The molecule has 0 fully saturated rings. The first kappa shape index (κ1) is 16.1. The lowest BCUT2D eigenvalue weighted by molar-refractivity contribution is -0.136. The number of carbonyl (C=O) groups is 2. The molecular formula is C14H20N2O4. The number of amides is 1. The number of aliphatic hydroxyl groups excluding tert-OH is 1. The number of carboxylic acids is 1. The van der Waals surface area contributed by atoms with E-state index in [1.165, 1.54) is 0 Å². The Bertz CT molecular complexity index is 459. The number of carboxylic acid groups (broad SMARTS) is 1. The lowest BCUT2D eigenvalue weighted by Gasteiger charge is -2.20. The van der Waals surface area contributed by atoms with Crippen LogP contribution < -0.4 is 10.6 Å². The molecule has 0 spiro atoms. The van der Waals surface area contributed by atoms with Gasteiger partial charge >= 0.3 is 5.97 Å². The molecule has 2 unspecified atom stereocenters. The Morgan fingerprint density at radius 3 is 2.35 bits per heavy atom. The zero-order valence-corrected chi connectivity index (χ0v) is 11.6. The van der Waals surface area contributed by atoms with Crippen LogP contribution >= 0.6 is 0 Å². The van der Waals surface area contributed by atoms with Gasteiger partial charge in [0.25, 0.3) is 0 Å². The van der Waals surface area contributed by atoms with Crippen LogP contribution in [0.15, 0.2) is 24.3 Å². The molecule has 0 saturated carbocycles. The van der Waals surface area contributed by atoms with Gasteiger partial charge in [0.1, 0.15) is 0 Å². The van der Waals surface area contributed by atoms with Crippen LogP contribution in [0.2, 0.25) is 0 Å². The normalized spacial score (nSPS) is 13.6. The van der Waals surface area contributed by atoms with Gasteiger partial charge in [-0.15, -0.1) is 0 Å². The van der Waals surface area contributed by atoms with E-state index in [4.69, 9.17) is 5.11 Å². The number of benzene rings is 1. The van der Waals surface area contributed by atoms with Crippen LogP contribution in [0.1, 0.15) is 31.9 Å². The SMILES string of the molecule is CCC(=O)Nc1ccc(C(O)C(C)NCC(=O)O)cc1. The summed E-state index contributed by atoms with van der Waals surface area (Å²) in [5.74, 6) is -1.04. The molecule has 1 amide bonds. The topological polar surface area (TPSA) is 98.7 Å². The number of hydrogen-bond acceptors (Lipinski definition) is 4. The maximum Gasteiger partial charge on any atom is 0.317 e. The van der Waals surface area contributed by atoms with E-state index in [-0.39, 0.29) is 18.5 Å². The number of carbonyl (C=O) groups excluding carboxylic acids is 1. The Morgan fingerprint density at radius 2 is 1.85 bits per heavy atom. The van der Waals surface area contributed by atoms with Crippen molar-refractivity contribution in [2.24, 2.45) is 0 Å². The molecule has 0 saturated heterocycles. The molecular weight excluding hydrogens is 260 g/mol. The van der Waals surface area contributed by atoms with Crippen molar-refractivity contribution in [1.82, 2.24) is 5.32 Å². The third-order valence-corrected chi connectivity index (χ3v) is 2.91. The van der Waals surface area contributed by atoms with Crippen LogP contribution in [0.5, 0.6) is 0 Å². The molecule has 0 aliphatic rings. The molecule has 0 radical (unpaired) electrons. The van der Waals surface area contributed by atoms with Gasteiger partial charge in [-0.2, -0.15) is 0 Å². The quantitative estimate of drug-likeness (QED) is 0.600. The monoisotopic (exact) mass is 280 g/mol. The van der Waals surface area contributed by atoms with Crippen molar-refractivity contribution in [2.45, 2.75) is 32.4 Å². The number of hydrogen-bond donors (Lipinski definition) is 4. The molecule has 0 aromatic heterocycles. The third-order valence-electron chi connectivity index (χ3n) is 2.91. The highest BCUT2D eigenvalue weighted by atomic mass is 16.4. The fraction of sp³-hybridized carbons (Fsp3) is 0.429. The Kier molecular flexibility index (Phi) is 6.14. The molecule has 1 aromatic rings. The average molecular weight is 280 g/mol. The Balaban J connectivity index is 2.62. The molecule has 0 heterocycles. The second kappa shape index (κ2) is 7.62. The van der Waals surface area contributed by atoms with Gasteiger partial charge in [0.15, 0.2) is 0 Å². The van der Waals surface area contributed by atoms with Gasteiger partial charge in [-0.25, -0.2) is 0 Å². The van der Waals surface area contributed by atoms with Crippen LogP contribution in [0, 0.1) is 0 Å². The number of rotatable bonds is 7. The molecule has 20 heavy (non-hydrogen) atoms. The van der Waals surface area contributed by atoms with E-state index >= 15 is 0 Å². The first-order chi connectivity index (χ1) is 9.43. The van der Waals surface area contributed by atoms with Crippen molar-refractivity contribution in [1.29, 1.82) is 0 Å². The van der Waals surface area contributed by atoms with E-state index in [1.807, 2.05) is 0 Å². The van der Waals surface area contributed by atoms with Crippen LogP contribution in [-0.2, 0) is 9.59 Å². The molecule has 6 heteroatoms. The highest BCUT2D eigenvalue weighted by Gasteiger charge is 2.16. The van der Waals surface area contributed by atoms with E-state index in [0.717, 1.165) is 0 Å². The lowest BCUT2D eigenvalue weighted by atomic mass is 10.0. The van der Waals surface area contributed by atoms with Gasteiger partial charge in [-0.3, -0.25) is 9.59 Å². The second-order valence-electron chi connectivity index (χ2n) is 4.53. The summed E-state index contributed by atoms with van der Waals surface area (Å²) >= 11 is 0. The maximum atomic E-state index is 11.2. The summed E-state index contributed by atoms with van der Waals surface area (Å²) in [7, 11) is 0. The van der Waals surface area contributed by atoms with Crippen LogP contribution in [-0.4, -0.2) is 34.7 Å². The summed E-state index contributed by atoms with van der Waals surface area (Å²) in [6.07, 6.45) is -0.411. The fourth-order valence-corrected chi connectivity index (χ4v) is 1.66. The summed E-state index contributed by atoms with van der Waals surface area (Å²) in [5.41, 5.74) is 1.32. The van der Waals surface area contributed by atoms with Crippen molar-refractivity contribution in [3.05, 3.63) is 29.8 Å². The van der Waals surface area contributed by atoms with Gasteiger partial charge in [0.05, 0.1) is 12.6 Å². The zero-order chi connectivity index (χ0) is 15.1. The first-order valence-corrected chi connectivity index (χ1v) is 6.47. The maximum absolute atomic E-state index is 11.2. The van der Waals surface area contributed by atoms with E-state index in [1.54, 1.807) is 38.1 Å². The molecule has 1 aromatic carbocycles. The minimum Gasteiger partial charge on any atom is -0.480 e. The van der Waals surface area contributed by atoms with Crippen molar-refractivity contribution in [3.63, 3.8) is 0 Å². The number of nitrogens with one attached hydrogen (secondary N) is 2. The molecule has 6 nitrogen and oxygen atoms in total. The molecule has 0 aliphatic carbocycles. The van der Waals surface area contributed by atoms with E-state index in [9.17, 15) is 14.7 Å². The fourth-order valence-electron chi connectivity index (χ4n) is 1.66. The second-order valence-corrected chi connectivity index (χ2v) is 4.53. The minimum atomic E-state index is -0.971. The summed E-state index contributed by atoms with van der Waals surface area (Å²) in [6.45, 7) is 3.27. The largest absolute Gasteiger partial charge is 0.480 e. The van der Waals surface area contributed by atoms with Gasteiger partial charge in [0.2, 0.25) is 5.91 Å². The van der Waals surface area contributed by atoms with Crippen LogP contribution in [0.3, 0.4) is 0 Å². The van der Waals surface area contributed by atoms with E-state index < -0.39 is 12.1 Å². The third kappa shape index (κ3) is 4.99. The summed E-state index contributed by atoms with van der Waals surface area (Å²) in [6, 6.07) is 6.43. The van der Waals surface area contributed by atoms with Gasteiger partial charge in [-0.1, -0.05) is 19.1 Å². The Morgan fingerprint density at radius 1 is 1.25 bits per heavy atom. The summed E-state index contributed by atoms with van der Waals surface area (Å²) in [4.78, 5) is 21.7. The predicted molar refractivity (Wildman–Crippen MR) is 75.4 cm³/mol. The Labute approximate surface area is 117 Å². The van der Waals surface area contributed by atoms with Crippen molar-refractivity contribution < 1.29 is 19.8 Å². The van der Waals surface area contributed by atoms with Gasteiger partial charge in [0, 0.05) is 18.2 Å². The molecule has 0 aliphatic heterocycles. The first-order valence-electron chi connectivity index (χ1n) is 6.47. The molecule has 0 bridgehead atoms. The highest BCUT2D eigenvalue weighted by molar-refractivity contribution is 5.90. The molecule has 2 atom stereocenters. The van der Waals surface area contributed by atoms with E-state index in [0.29, 0.717) is 17.7 Å². The molecule has 1 rings (SSSR count). The number of aliphatic carboxylic acids is 1. The Hall–Kier alpha value is -1.92. The van der Waals surface area contributed by atoms with Crippen molar-refractivity contribution >= 4 is 17.6 Å². The smallest absolute Gasteiger partial charge is 0.317 e. The summed E-state index contributed by atoms with van der Waals surface area (Å²) in [5, 5.41) is 24.1. The number of anilines is 1. The average Bonchev–Trinajstić information content (AvgIpc) is 2.44. The zero-order valence-electron chi connectivity index (χ0n) is 11.6. The minimum absolute atomic E-state index is 0.0743. The highest BCUT2D eigenvalue weighted by Crippen LogP contribution is 2.19. The molecule has 4 N–H and O–H groups in total. The standard InChI is InChI=1S/C14H20N2O4/c1-3-12(17)16-11-6-4-10(5-7-11)14(20)9(2)15-8-13(18)19/h4-7,9,14-15,20H,3,8H2,1-2H3,(H,16,17)(H,18,19). The predicted octanol–water partition coefficient (Wildman–Crippen LogP) is 1.13. The van der Waals surface area contributed by atoms with E-state index in [2.05, 4.69) is 10.6 Å². The number of aliphatic hydroxyl groups is 1. The lowest BCUT2D eigenvalue weighted by Crippen LogP contribution is -2.35. The van der Waals surface area contributed by atoms with Crippen molar-refractivity contribution in [3.8, 4) is 0 Å². The van der Waals surface area contributed by atoms with Gasteiger partial charge in [-0.05, 0) is 24.6 Å². The van der Waals surface area contributed by atoms with Gasteiger partial charge < -0.3 is 20.8 Å².